The molecule has 1 N–H and O–H groups in total. The Labute approximate surface area is 214 Å². The van der Waals surface area contributed by atoms with Crippen LogP contribution in [0.3, 0.4) is 0 Å². The first kappa shape index (κ1) is 23.8. The number of nitrogens with zero attached hydrogens (tertiary/aromatic N) is 1. The van der Waals surface area contributed by atoms with Crippen molar-refractivity contribution in [3.05, 3.63) is 87.9 Å². The van der Waals surface area contributed by atoms with E-state index in [0.29, 0.717) is 34.0 Å². The Morgan fingerprint density at radius 1 is 1.11 bits per heavy atom. The van der Waals surface area contributed by atoms with Gasteiger partial charge in [0.05, 0.1) is 12.6 Å². The van der Waals surface area contributed by atoms with E-state index >= 15 is 0 Å². The van der Waals surface area contributed by atoms with Crippen LogP contribution in [0.5, 0.6) is 5.75 Å². The summed E-state index contributed by atoms with van der Waals surface area (Å²) in [6.07, 6.45) is 0. The molecule has 1 amide bonds. The summed E-state index contributed by atoms with van der Waals surface area (Å²) in [5.41, 5.74) is 2.95. The maximum Gasteiger partial charge on any atom is 0.313 e. The van der Waals surface area contributed by atoms with Crippen molar-refractivity contribution in [3.8, 4) is 5.75 Å². The summed E-state index contributed by atoms with van der Waals surface area (Å²) in [6.45, 7) is 6.81. The summed E-state index contributed by atoms with van der Waals surface area (Å²) < 4.78 is 5.87. The van der Waals surface area contributed by atoms with Gasteiger partial charge in [-0.25, -0.2) is 0 Å². The Kier molecular flexibility index (Phi) is 6.06. The smallest absolute Gasteiger partial charge is 0.313 e. The molecule has 2 heterocycles. The van der Waals surface area contributed by atoms with Gasteiger partial charge in [-0.2, -0.15) is 0 Å². The average molecular weight is 508 g/mol. The molecule has 0 fully saturated rings. The second-order valence-corrected chi connectivity index (χ2v) is 11.4. The first-order chi connectivity index (χ1) is 16.7. The van der Waals surface area contributed by atoms with E-state index in [-0.39, 0.29) is 11.3 Å². The lowest BCUT2D eigenvalue weighted by atomic mass is 9.79. The number of aliphatic carboxylic acids is 1. The summed E-state index contributed by atoms with van der Waals surface area (Å²) in [4.78, 5) is 29.2. The van der Waals surface area contributed by atoms with E-state index in [1.165, 1.54) is 0 Å². The molecule has 0 saturated heterocycles. The fourth-order valence-corrected chi connectivity index (χ4v) is 6.20. The van der Waals surface area contributed by atoms with Gasteiger partial charge in [-0.1, -0.05) is 62.7 Å². The van der Waals surface area contributed by atoms with E-state index in [2.05, 4.69) is 20.8 Å². The fraction of sp³-hybridized carbons (Fsp3) is 0.286. The number of rotatable bonds is 3. The van der Waals surface area contributed by atoms with Crippen molar-refractivity contribution in [3.63, 3.8) is 0 Å². The molecule has 0 bridgehead atoms. The lowest BCUT2D eigenvalue weighted by molar-refractivity contribution is -0.139. The van der Waals surface area contributed by atoms with E-state index in [1.54, 1.807) is 47.0 Å². The zero-order valence-corrected chi connectivity index (χ0v) is 21.3. The number of fused-ring (bicyclic) bond motifs is 2. The third kappa shape index (κ3) is 4.19. The Morgan fingerprint density at radius 3 is 2.60 bits per heavy atom. The molecular formula is C28H26ClNO4S. The predicted molar refractivity (Wildman–Crippen MR) is 139 cm³/mol. The van der Waals surface area contributed by atoms with Crippen LogP contribution in [0, 0.1) is 0 Å². The van der Waals surface area contributed by atoms with E-state index < -0.39 is 17.9 Å². The molecule has 0 aromatic heterocycles. The number of thioether (sulfide) groups is 1. The van der Waals surface area contributed by atoms with Crippen LogP contribution in [-0.2, 0) is 10.2 Å². The second kappa shape index (κ2) is 8.92. The standard InChI is InChI=1S/C28H26ClNO4S/c1-28(2,3)20-10-9-17(15-21(20)29)30-25(16-8-11-23-22(14-16)34-12-13-35-23)24(27(32)33)18-6-4-5-7-19(18)26(30)31/h4-11,14-15,24-25H,12-13H2,1-3H3,(H,32,33)/t24-,25+/m1/s1. The number of amides is 1. The fourth-order valence-electron chi connectivity index (χ4n) is 4.93. The molecule has 2 aliphatic rings. The van der Waals surface area contributed by atoms with Crippen LogP contribution < -0.4 is 9.64 Å². The number of hydrogen-bond donors (Lipinski definition) is 1. The maximum atomic E-state index is 13.9. The zero-order chi connectivity index (χ0) is 24.9. The predicted octanol–water partition coefficient (Wildman–Crippen LogP) is 6.69. The summed E-state index contributed by atoms with van der Waals surface area (Å²) >= 11 is 8.40. The van der Waals surface area contributed by atoms with Gasteiger partial charge in [0.25, 0.3) is 5.91 Å². The molecule has 0 unspecified atom stereocenters. The third-order valence-corrected chi connectivity index (χ3v) is 7.88. The first-order valence-electron chi connectivity index (χ1n) is 11.5. The summed E-state index contributed by atoms with van der Waals surface area (Å²) in [6, 6.07) is 17.5. The highest BCUT2D eigenvalue weighted by Crippen LogP contribution is 2.47. The minimum absolute atomic E-state index is 0.176. The van der Waals surface area contributed by atoms with E-state index in [9.17, 15) is 14.7 Å². The normalized spacial score (nSPS) is 19.5. The number of hydrogen-bond acceptors (Lipinski definition) is 4. The Hall–Kier alpha value is -2.96. The highest BCUT2D eigenvalue weighted by Gasteiger charge is 2.45. The molecule has 0 radical (unpaired) electrons. The number of benzene rings is 3. The minimum atomic E-state index is -0.995. The Bertz CT molecular complexity index is 1330. The van der Waals surface area contributed by atoms with E-state index in [0.717, 1.165) is 22.0 Å². The van der Waals surface area contributed by atoms with Crippen LogP contribution in [0.15, 0.2) is 65.6 Å². The van der Waals surface area contributed by atoms with Crippen molar-refractivity contribution >= 4 is 40.9 Å². The van der Waals surface area contributed by atoms with Gasteiger partial charge < -0.3 is 9.84 Å². The lowest BCUT2D eigenvalue weighted by Gasteiger charge is -2.41. The van der Waals surface area contributed by atoms with Crippen LogP contribution in [0.25, 0.3) is 0 Å². The summed E-state index contributed by atoms with van der Waals surface area (Å²) in [5, 5.41) is 11.0. The van der Waals surface area contributed by atoms with Crippen molar-refractivity contribution in [1.29, 1.82) is 0 Å². The Morgan fingerprint density at radius 2 is 1.89 bits per heavy atom. The Balaban J connectivity index is 1.72. The molecule has 5 nitrogen and oxygen atoms in total. The number of anilines is 1. The monoisotopic (exact) mass is 507 g/mol. The van der Waals surface area contributed by atoms with Gasteiger partial charge >= 0.3 is 5.97 Å². The van der Waals surface area contributed by atoms with Crippen LogP contribution in [-0.4, -0.2) is 29.3 Å². The van der Waals surface area contributed by atoms with Gasteiger partial charge in [0, 0.05) is 26.9 Å². The molecule has 0 spiro atoms. The van der Waals surface area contributed by atoms with E-state index in [1.807, 2.05) is 30.3 Å². The van der Waals surface area contributed by atoms with Crippen molar-refractivity contribution in [2.75, 3.05) is 17.3 Å². The molecule has 0 aliphatic carbocycles. The van der Waals surface area contributed by atoms with Crippen LogP contribution in [0.1, 0.15) is 59.8 Å². The van der Waals surface area contributed by atoms with Gasteiger partial charge in [0.15, 0.2) is 0 Å². The molecule has 5 rings (SSSR count). The maximum absolute atomic E-state index is 13.9. The number of halogens is 1. The highest BCUT2D eigenvalue weighted by atomic mass is 35.5. The van der Waals surface area contributed by atoms with Crippen molar-refractivity contribution in [1.82, 2.24) is 0 Å². The molecular weight excluding hydrogens is 482 g/mol. The first-order valence-corrected chi connectivity index (χ1v) is 12.9. The van der Waals surface area contributed by atoms with Crippen LogP contribution >= 0.6 is 23.4 Å². The summed E-state index contributed by atoms with van der Waals surface area (Å²) in [7, 11) is 0. The molecule has 3 aromatic rings. The number of carbonyl (C=O) groups excluding carboxylic acids is 1. The van der Waals surface area contributed by atoms with Crippen LogP contribution in [0.2, 0.25) is 5.02 Å². The average Bonchev–Trinajstić information content (AvgIpc) is 2.82. The molecule has 35 heavy (non-hydrogen) atoms. The lowest BCUT2D eigenvalue weighted by Crippen LogP contribution is -2.45. The third-order valence-electron chi connectivity index (χ3n) is 6.55. The molecule has 0 saturated carbocycles. The number of carboxylic acids is 1. The molecule has 180 valence electrons. The number of carbonyl (C=O) groups is 2. The number of carboxylic acid groups (broad SMARTS) is 1. The quantitative estimate of drug-likeness (QED) is 0.427. The van der Waals surface area contributed by atoms with Gasteiger partial charge in [-0.3, -0.25) is 14.5 Å². The van der Waals surface area contributed by atoms with Gasteiger partial charge in [0.2, 0.25) is 0 Å². The highest BCUT2D eigenvalue weighted by molar-refractivity contribution is 7.99. The van der Waals surface area contributed by atoms with E-state index in [4.69, 9.17) is 16.3 Å². The van der Waals surface area contributed by atoms with Crippen molar-refractivity contribution < 1.29 is 19.4 Å². The molecule has 2 aliphatic heterocycles. The largest absolute Gasteiger partial charge is 0.492 e. The van der Waals surface area contributed by atoms with Gasteiger partial charge in [-0.15, -0.1) is 11.8 Å². The summed E-state index contributed by atoms with van der Waals surface area (Å²) in [5.74, 6) is -0.625. The minimum Gasteiger partial charge on any atom is -0.492 e. The van der Waals surface area contributed by atoms with Gasteiger partial charge in [-0.05, 0) is 52.4 Å². The molecule has 2 atom stereocenters. The second-order valence-electron chi connectivity index (χ2n) is 9.84. The van der Waals surface area contributed by atoms with Crippen LogP contribution in [0.4, 0.5) is 5.69 Å². The van der Waals surface area contributed by atoms with Gasteiger partial charge in [0.1, 0.15) is 11.7 Å². The molecule has 7 heteroatoms. The van der Waals surface area contributed by atoms with Crippen molar-refractivity contribution in [2.24, 2.45) is 0 Å². The number of ether oxygens (including phenoxy) is 1. The SMILES string of the molecule is CC(C)(C)c1ccc(N2C(=O)c3ccccc3[C@@H](C(=O)O)[C@@H]2c2ccc3c(c2)OCCS3)cc1Cl. The molecule has 3 aromatic carbocycles. The zero-order valence-electron chi connectivity index (χ0n) is 19.7. The van der Waals surface area contributed by atoms with Crippen molar-refractivity contribution in [2.45, 2.75) is 43.0 Å². The topological polar surface area (TPSA) is 66.8 Å².